The maximum atomic E-state index is 12.7. The number of thioether (sulfide) groups is 1. The number of hydrogen-bond donors (Lipinski definition) is 0. The van der Waals surface area contributed by atoms with E-state index >= 15 is 0 Å². The first kappa shape index (κ1) is 25.8. The summed E-state index contributed by atoms with van der Waals surface area (Å²) in [6.07, 6.45) is 1.85. The van der Waals surface area contributed by atoms with Gasteiger partial charge in [0, 0.05) is 6.54 Å². The topological polar surface area (TPSA) is 65.1 Å². The molecule has 2 aromatic carbocycles. The zero-order chi connectivity index (χ0) is 24.9. The largest absolute Gasteiger partial charge is 0.493 e. The van der Waals surface area contributed by atoms with Crippen LogP contribution < -0.4 is 9.47 Å². The fourth-order valence-electron chi connectivity index (χ4n) is 3.30. The summed E-state index contributed by atoms with van der Waals surface area (Å²) in [6.45, 7) is 7.17. The third-order valence-electron chi connectivity index (χ3n) is 5.34. The summed E-state index contributed by atoms with van der Waals surface area (Å²) in [6, 6.07) is 13.9. The lowest BCUT2D eigenvalue weighted by atomic mass is 9.87. The van der Waals surface area contributed by atoms with Crippen molar-refractivity contribution >= 4 is 46.3 Å². The fourth-order valence-corrected chi connectivity index (χ4v) is 4.61. The Balaban J connectivity index is 1.69. The zero-order valence-electron chi connectivity index (χ0n) is 20.0. The van der Waals surface area contributed by atoms with Crippen LogP contribution in [-0.4, -0.2) is 41.9 Å². The van der Waals surface area contributed by atoms with Crippen molar-refractivity contribution in [3.8, 4) is 11.5 Å². The second-order valence-electron chi connectivity index (χ2n) is 8.81. The zero-order valence-corrected chi connectivity index (χ0v) is 21.7. The fraction of sp³-hybridized carbons (Fsp3) is 0.346. The molecule has 0 aromatic heterocycles. The first-order chi connectivity index (χ1) is 16.1. The minimum Gasteiger partial charge on any atom is -0.493 e. The van der Waals surface area contributed by atoms with E-state index in [4.69, 9.17) is 21.7 Å². The third-order valence-corrected chi connectivity index (χ3v) is 6.72. The molecule has 1 aliphatic heterocycles. The average Bonchev–Trinajstić information content (AvgIpc) is 3.08. The molecular formula is C26H29NO5S2. The monoisotopic (exact) mass is 499 g/mol. The van der Waals surface area contributed by atoms with Crippen LogP contribution in [0.4, 0.5) is 0 Å². The van der Waals surface area contributed by atoms with Crippen LogP contribution in [0, 0.1) is 0 Å². The van der Waals surface area contributed by atoms with Gasteiger partial charge >= 0.3 is 5.97 Å². The van der Waals surface area contributed by atoms with Crippen molar-refractivity contribution in [3.05, 3.63) is 64.1 Å². The molecule has 180 valence electrons. The van der Waals surface area contributed by atoms with Crippen LogP contribution in [0.25, 0.3) is 6.08 Å². The molecule has 1 amide bonds. The van der Waals surface area contributed by atoms with Gasteiger partial charge in [-0.3, -0.25) is 14.5 Å². The van der Waals surface area contributed by atoms with E-state index in [0.717, 1.165) is 11.1 Å². The molecule has 3 rings (SSSR count). The number of esters is 1. The van der Waals surface area contributed by atoms with Crippen LogP contribution in [0.15, 0.2) is 47.4 Å². The molecule has 0 radical (unpaired) electrons. The highest BCUT2D eigenvalue weighted by Crippen LogP contribution is 2.35. The summed E-state index contributed by atoms with van der Waals surface area (Å²) in [5.41, 5.74) is 3.23. The molecule has 0 unspecified atom stereocenters. The van der Waals surface area contributed by atoms with Crippen LogP contribution >= 0.6 is 24.0 Å². The SMILES string of the molecule is COC(=O)CCN1C(=O)/C(=C\c2ccc(OCc3ccc(C(C)(C)C)cc3)c(OC)c2)SC1=S. The molecule has 0 bridgehead atoms. The van der Waals surface area contributed by atoms with E-state index in [1.807, 2.05) is 18.2 Å². The summed E-state index contributed by atoms with van der Waals surface area (Å²) >= 11 is 6.52. The van der Waals surface area contributed by atoms with Crippen LogP contribution in [0.2, 0.25) is 0 Å². The summed E-state index contributed by atoms with van der Waals surface area (Å²) in [5, 5.41) is 0. The van der Waals surface area contributed by atoms with Crippen molar-refractivity contribution < 1.29 is 23.8 Å². The molecule has 8 heteroatoms. The summed E-state index contributed by atoms with van der Waals surface area (Å²) in [4.78, 5) is 26.0. The molecule has 1 aliphatic rings. The molecule has 1 heterocycles. The molecule has 6 nitrogen and oxygen atoms in total. The van der Waals surface area contributed by atoms with Crippen LogP contribution in [-0.2, 0) is 26.3 Å². The Hall–Kier alpha value is -2.84. The number of benzene rings is 2. The smallest absolute Gasteiger partial charge is 0.307 e. The van der Waals surface area contributed by atoms with Gasteiger partial charge in [-0.1, -0.05) is 75.1 Å². The predicted molar refractivity (Wildman–Crippen MR) is 139 cm³/mol. The third kappa shape index (κ3) is 6.39. The lowest BCUT2D eigenvalue weighted by Crippen LogP contribution is -2.30. The minimum atomic E-state index is -0.386. The Kier molecular flexibility index (Phi) is 8.38. The summed E-state index contributed by atoms with van der Waals surface area (Å²) < 4.78 is 16.6. The van der Waals surface area contributed by atoms with Gasteiger partial charge in [0.25, 0.3) is 5.91 Å². The second kappa shape index (κ2) is 11.1. The van der Waals surface area contributed by atoms with E-state index in [9.17, 15) is 9.59 Å². The highest BCUT2D eigenvalue weighted by molar-refractivity contribution is 8.26. The maximum absolute atomic E-state index is 12.7. The number of hydrogen-bond acceptors (Lipinski definition) is 7. The van der Waals surface area contributed by atoms with Crippen molar-refractivity contribution in [1.82, 2.24) is 4.90 Å². The minimum absolute atomic E-state index is 0.0923. The van der Waals surface area contributed by atoms with Gasteiger partial charge in [0.1, 0.15) is 10.9 Å². The average molecular weight is 500 g/mol. The highest BCUT2D eigenvalue weighted by atomic mass is 32.2. The molecule has 0 saturated carbocycles. The van der Waals surface area contributed by atoms with E-state index in [1.165, 1.54) is 29.3 Å². The number of amides is 1. The quantitative estimate of drug-likeness (QED) is 0.276. The van der Waals surface area contributed by atoms with Crippen molar-refractivity contribution in [1.29, 1.82) is 0 Å². The van der Waals surface area contributed by atoms with Gasteiger partial charge in [-0.25, -0.2) is 0 Å². The number of rotatable bonds is 8. The van der Waals surface area contributed by atoms with Gasteiger partial charge in [0.2, 0.25) is 0 Å². The Morgan fingerprint density at radius 1 is 1.09 bits per heavy atom. The number of carbonyl (C=O) groups excluding carboxylic acids is 2. The first-order valence-electron chi connectivity index (χ1n) is 10.8. The van der Waals surface area contributed by atoms with Crippen LogP contribution in [0.1, 0.15) is 43.9 Å². The Morgan fingerprint density at radius 3 is 2.41 bits per heavy atom. The molecule has 0 aliphatic carbocycles. The van der Waals surface area contributed by atoms with Crippen molar-refractivity contribution in [2.45, 2.75) is 39.2 Å². The van der Waals surface area contributed by atoms with E-state index in [-0.39, 0.29) is 30.3 Å². The summed E-state index contributed by atoms with van der Waals surface area (Å²) in [5.74, 6) is 0.576. The van der Waals surface area contributed by atoms with Crippen molar-refractivity contribution in [2.75, 3.05) is 20.8 Å². The molecule has 2 aromatic rings. The predicted octanol–water partition coefficient (Wildman–Crippen LogP) is 5.34. The molecule has 0 spiro atoms. The lowest BCUT2D eigenvalue weighted by Gasteiger charge is -2.19. The van der Waals surface area contributed by atoms with E-state index < -0.39 is 0 Å². The van der Waals surface area contributed by atoms with E-state index in [1.54, 1.807) is 13.2 Å². The molecule has 1 fully saturated rings. The van der Waals surface area contributed by atoms with Gasteiger partial charge in [0.15, 0.2) is 11.5 Å². The first-order valence-corrected chi connectivity index (χ1v) is 12.1. The van der Waals surface area contributed by atoms with E-state index in [2.05, 4.69) is 49.8 Å². The number of nitrogens with zero attached hydrogens (tertiary/aromatic N) is 1. The van der Waals surface area contributed by atoms with Gasteiger partial charge in [-0.2, -0.15) is 0 Å². The van der Waals surface area contributed by atoms with Gasteiger partial charge in [0.05, 0.1) is 25.5 Å². The normalized spacial score (nSPS) is 15.1. The molecule has 0 atom stereocenters. The summed E-state index contributed by atoms with van der Waals surface area (Å²) in [7, 11) is 2.90. The molecule has 0 N–H and O–H groups in total. The molecular weight excluding hydrogens is 470 g/mol. The van der Waals surface area contributed by atoms with Gasteiger partial charge in [-0.15, -0.1) is 0 Å². The Morgan fingerprint density at radius 2 is 1.79 bits per heavy atom. The maximum Gasteiger partial charge on any atom is 0.307 e. The standard InChI is InChI=1S/C26H29NO5S2/c1-26(2,3)19-9-6-17(7-10-19)16-32-20-11-8-18(14-21(20)30-4)15-22-24(29)27(25(33)34-22)13-12-23(28)31-5/h6-11,14-15H,12-13,16H2,1-5H3/b22-15+. The van der Waals surface area contributed by atoms with Crippen molar-refractivity contribution in [3.63, 3.8) is 0 Å². The Bertz CT molecular complexity index is 1100. The van der Waals surface area contributed by atoms with Crippen molar-refractivity contribution in [2.24, 2.45) is 0 Å². The number of methoxy groups -OCH3 is 2. The number of thiocarbonyl (C=S) groups is 1. The number of ether oxygens (including phenoxy) is 3. The Labute approximate surface area is 210 Å². The lowest BCUT2D eigenvalue weighted by molar-refractivity contribution is -0.140. The second-order valence-corrected chi connectivity index (χ2v) is 10.5. The van der Waals surface area contributed by atoms with E-state index in [0.29, 0.717) is 27.3 Å². The van der Waals surface area contributed by atoms with Crippen LogP contribution in [0.5, 0.6) is 11.5 Å². The molecule has 34 heavy (non-hydrogen) atoms. The highest BCUT2D eigenvalue weighted by Gasteiger charge is 2.32. The van der Waals surface area contributed by atoms with Gasteiger partial charge < -0.3 is 14.2 Å². The van der Waals surface area contributed by atoms with Gasteiger partial charge in [-0.05, 0) is 40.3 Å². The number of carbonyl (C=O) groups is 2. The molecule has 1 saturated heterocycles. The van der Waals surface area contributed by atoms with Crippen LogP contribution in [0.3, 0.4) is 0 Å².